The largest absolute Gasteiger partial charge is 0.484 e. The molecule has 0 bridgehead atoms. The number of pyridine rings is 1. The number of fused-ring (bicyclic) bond motifs is 1. The van der Waals surface area contributed by atoms with Crippen LogP contribution < -0.4 is 9.47 Å². The van der Waals surface area contributed by atoms with Crippen LogP contribution in [0.1, 0.15) is 17.2 Å². The number of hydrogen-bond acceptors (Lipinski definition) is 7. The van der Waals surface area contributed by atoms with E-state index < -0.39 is 27.9 Å². The number of carbonyl (C=O) groups excluding carboxylic acids is 1. The Balaban J connectivity index is 1.27. The Bertz CT molecular complexity index is 1260. The number of halogens is 1. The van der Waals surface area contributed by atoms with Gasteiger partial charge in [0.25, 0.3) is 11.8 Å². The van der Waals surface area contributed by atoms with Crippen LogP contribution in [-0.2, 0) is 14.8 Å². The molecule has 0 fully saturated rings. The molecule has 174 valence electrons. The van der Waals surface area contributed by atoms with Gasteiger partial charge in [-0.25, -0.2) is 17.8 Å². The summed E-state index contributed by atoms with van der Waals surface area (Å²) in [5.41, 5.74) is 2.26. The van der Waals surface area contributed by atoms with Gasteiger partial charge in [-0.3, -0.25) is 4.79 Å². The van der Waals surface area contributed by atoms with E-state index in [2.05, 4.69) is 4.98 Å². The van der Waals surface area contributed by atoms with Crippen LogP contribution in [0.5, 0.6) is 11.6 Å². The van der Waals surface area contributed by atoms with Crippen LogP contribution in [0.2, 0.25) is 0 Å². The lowest BCUT2D eigenvalue weighted by Gasteiger charge is -2.25. The summed E-state index contributed by atoms with van der Waals surface area (Å²) in [5.74, 6) is -0.707. The van der Waals surface area contributed by atoms with E-state index in [1.807, 2.05) is 0 Å². The summed E-state index contributed by atoms with van der Waals surface area (Å²) in [4.78, 5) is 18.3. The maximum atomic E-state index is 14.1. The van der Waals surface area contributed by atoms with Crippen LogP contribution in [0, 0.1) is 12.7 Å². The summed E-state index contributed by atoms with van der Waals surface area (Å²) in [6.45, 7) is 3.05. The van der Waals surface area contributed by atoms with Crippen molar-refractivity contribution in [2.45, 2.75) is 17.9 Å². The Morgan fingerprint density at radius 1 is 1.12 bits per heavy atom. The number of rotatable bonds is 4. The number of carbonyl (C=O) groups is 1. The van der Waals surface area contributed by atoms with Gasteiger partial charge in [0, 0.05) is 37.8 Å². The van der Waals surface area contributed by atoms with Gasteiger partial charge in [-0.1, -0.05) is 17.7 Å². The Hall–Kier alpha value is -3.02. The molecular weight excluding hydrogens is 453 g/mol. The van der Waals surface area contributed by atoms with E-state index in [1.54, 1.807) is 13.0 Å². The van der Waals surface area contributed by atoms with Gasteiger partial charge in [-0.15, -0.1) is 0 Å². The van der Waals surface area contributed by atoms with Crippen LogP contribution in [0.3, 0.4) is 0 Å². The first-order valence-electron chi connectivity index (χ1n) is 10.4. The number of sulfonamides is 1. The van der Waals surface area contributed by atoms with Crippen molar-refractivity contribution in [3.63, 3.8) is 0 Å². The van der Waals surface area contributed by atoms with Crippen molar-refractivity contribution in [1.82, 2.24) is 14.2 Å². The molecule has 3 aliphatic rings. The SMILES string of the molecule is Cc1ccc(F)c(C(O)C(=O)N2CC3=C(C2)CN(S(=O)(=O)c2cnc4c(c2)OCCO4)C3)c1. The molecule has 33 heavy (non-hydrogen) atoms. The Morgan fingerprint density at radius 3 is 2.55 bits per heavy atom. The first-order valence-corrected chi connectivity index (χ1v) is 11.9. The summed E-state index contributed by atoms with van der Waals surface area (Å²) >= 11 is 0. The third kappa shape index (κ3) is 3.85. The van der Waals surface area contributed by atoms with Gasteiger partial charge >= 0.3 is 0 Å². The van der Waals surface area contributed by atoms with Gasteiger partial charge in [0.05, 0.1) is 6.20 Å². The number of aryl methyl sites for hydroxylation is 1. The van der Waals surface area contributed by atoms with E-state index in [-0.39, 0.29) is 48.3 Å². The second kappa shape index (κ2) is 8.08. The third-order valence-corrected chi connectivity index (χ3v) is 7.76. The molecule has 3 aliphatic heterocycles. The predicted octanol–water partition coefficient (Wildman–Crippen LogP) is 1.18. The molecule has 0 saturated carbocycles. The van der Waals surface area contributed by atoms with Gasteiger partial charge in [-0.05, 0) is 24.1 Å². The lowest BCUT2D eigenvalue weighted by atomic mass is 10.0. The van der Waals surface area contributed by atoms with Crippen molar-refractivity contribution in [3.8, 4) is 11.6 Å². The van der Waals surface area contributed by atoms with Crippen LogP contribution in [0.4, 0.5) is 4.39 Å². The van der Waals surface area contributed by atoms with Crippen LogP contribution in [0.25, 0.3) is 0 Å². The average Bonchev–Trinajstić information content (AvgIpc) is 3.39. The molecule has 11 heteroatoms. The Kier molecular flexibility index (Phi) is 5.34. The van der Waals surface area contributed by atoms with Gasteiger partial charge in [-0.2, -0.15) is 4.31 Å². The molecule has 1 aromatic carbocycles. The highest BCUT2D eigenvalue weighted by Crippen LogP contribution is 2.34. The number of ether oxygens (including phenoxy) is 2. The fourth-order valence-electron chi connectivity index (χ4n) is 4.26. The number of benzene rings is 1. The molecule has 5 rings (SSSR count). The quantitative estimate of drug-likeness (QED) is 0.662. The van der Waals surface area contributed by atoms with Crippen molar-refractivity contribution in [2.75, 3.05) is 39.4 Å². The highest BCUT2D eigenvalue weighted by molar-refractivity contribution is 7.89. The molecule has 9 nitrogen and oxygen atoms in total. The van der Waals surface area contributed by atoms with E-state index in [0.29, 0.717) is 13.2 Å². The van der Waals surface area contributed by atoms with Crippen molar-refractivity contribution in [2.24, 2.45) is 0 Å². The van der Waals surface area contributed by atoms with E-state index in [9.17, 15) is 22.7 Å². The zero-order valence-electron chi connectivity index (χ0n) is 17.8. The molecule has 1 atom stereocenters. The molecule has 0 spiro atoms. The Labute approximate surface area is 190 Å². The van der Waals surface area contributed by atoms with E-state index >= 15 is 0 Å². The standard InChI is InChI=1S/C22H22FN3O6S/c1-13-2-3-18(23)17(6-13)20(27)22(28)25-9-14-11-26(12-15(14)10-25)33(29,30)16-7-19-21(24-8-16)32-5-4-31-19/h2-3,6-8,20,27H,4-5,9-12H2,1H3. The fraction of sp³-hybridized carbons (Fsp3) is 0.364. The second-order valence-electron chi connectivity index (χ2n) is 8.27. The molecule has 4 heterocycles. The molecular formula is C22H22FN3O6S. The zero-order valence-corrected chi connectivity index (χ0v) is 18.6. The third-order valence-electron chi connectivity index (χ3n) is 6.00. The summed E-state index contributed by atoms with van der Waals surface area (Å²) in [6.07, 6.45) is -0.372. The summed E-state index contributed by atoms with van der Waals surface area (Å²) in [5, 5.41) is 10.5. The number of amides is 1. The molecule has 0 aliphatic carbocycles. The monoisotopic (exact) mass is 475 g/mol. The van der Waals surface area contributed by atoms with Crippen molar-refractivity contribution < 1.29 is 32.2 Å². The van der Waals surface area contributed by atoms with E-state index in [1.165, 1.54) is 33.6 Å². The molecule has 1 N–H and O–H groups in total. The maximum Gasteiger partial charge on any atom is 0.257 e. The topological polar surface area (TPSA) is 109 Å². The van der Waals surface area contributed by atoms with Gasteiger partial charge in [0.2, 0.25) is 10.0 Å². The fourth-order valence-corrected chi connectivity index (χ4v) is 5.65. The van der Waals surface area contributed by atoms with Gasteiger partial charge in [0.1, 0.15) is 23.9 Å². The molecule has 1 amide bonds. The minimum absolute atomic E-state index is 0.00574. The number of hydrogen-bond donors (Lipinski definition) is 1. The highest BCUT2D eigenvalue weighted by Gasteiger charge is 2.39. The van der Waals surface area contributed by atoms with Crippen LogP contribution >= 0.6 is 0 Å². The van der Waals surface area contributed by atoms with Gasteiger partial charge in [0.15, 0.2) is 11.9 Å². The van der Waals surface area contributed by atoms with Crippen molar-refractivity contribution >= 4 is 15.9 Å². The van der Waals surface area contributed by atoms with E-state index in [4.69, 9.17) is 9.47 Å². The first-order chi connectivity index (χ1) is 15.7. The molecule has 0 radical (unpaired) electrons. The number of aliphatic hydroxyl groups excluding tert-OH is 1. The molecule has 1 unspecified atom stereocenters. The molecule has 2 aromatic rings. The second-order valence-corrected chi connectivity index (χ2v) is 10.2. The molecule has 1 aromatic heterocycles. The Morgan fingerprint density at radius 2 is 1.82 bits per heavy atom. The van der Waals surface area contributed by atoms with Crippen molar-refractivity contribution in [1.29, 1.82) is 0 Å². The predicted molar refractivity (Wildman–Crippen MR) is 114 cm³/mol. The van der Waals surface area contributed by atoms with Gasteiger partial charge < -0.3 is 19.5 Å². The van der Waals surface area contributed by atoms with Crippen LogP contribution in [-0.4, -0.2) is 73.0 Å². The minimum Gasteiger partial charge on any atom is -0.484 e. The van der Waals surface area contributed by atoms with Crippen molar-refractivity contribution in [3.05, 3.63) is 58.6 Å². The summed E-state index contributed by atoms with van der Waals surface area (Å²) < 4.78 is 52.5. The normalized spacial score (nSPS) is 19.1. The average molecular weight is 475 g/mol. The van der Waals surface area contributed by atoms with Crippen LogP contribution in [0.15, 0.2) is 46.5 Å². The maximum absolute atomic E-state index is 14.1. The smallest absolute Gasteiger partial charge is 0.257 e. The number of aromatic nitrogens is 1. The lowest BCUT2D eigenvalue weighted by molar-refractivity contribution is -0.139. The van der Waals surface area contributed by atoms with E-state index in [0.717, 1.165) is 16.7 Å². The first kappa shape index (κ1) is 21.8. The highest BCUT2D eigenvalue weighted by atomic mass is 32.2. The summed E-state index contributed by atoms with van der Waals surface area (Å²) in [6, 6.07) is 5.64. The zero-order chi connectivity index (χ0) is 23.3. The summed E-state index contributed by atoms with van der Waals surface area (Å²) in [7, 11) is -3.83. The number of nitrogens with zero attached hydrogens (tertiary/aromatic N) is 3. The number of aliphatic hydroxyl groups is 1. The minimum atomic E-state index is -3.83. The molecule has 0 saturated heterocycles. The lowest BCUT2D eigenvalue weighted by Crippen LogP contribution is -2.38.